The van der Waals surface area contributed by atoms with Gasteiger partial charge in [-0.05, 0) is 42.2 Å². The molecule has 2 aromatic rings. The SMILES string of the molecule is CCCCCc1ccc(-c2ccc(Cl)cc2)c(F)c1. The lowest BCUT2D eigenvalue weighted by molar-refractivity contribution is 0.626. The van der Waals surface area contributed by atoms with Crippen LogP contribution in [0.3, 0.4) is 0 Å². The van der Waals surface area contributed by atoms with E-state index in [4.69, 9.17) is 11.6 Å². The van der Waals surface area contributed by atoms with E-state index in [0.717, 1.165) is 24.0 Å². The van der Waals surface area contributed by atoms with Crippen molar-refractivity contribution in [2.75, 3.05) is 0 Å². The smallest absolute Gasteiger partial charge is 0.131 e. The van der Waals surface area contributed by atoms with E-state index in [2.05, 4.69) is 6.92 Å². The standard InChI is InChI=1S/C17H18ClF/c1-2-3-4-5-13-6-11-16(17(19)12-13)14-7-9-15(18)10-8-14/h6-12H,2-5H2,1H3. The van der Waals surface area contributed by atoms with Gasteiger partial charge in [0.25, 0.3) is 0 Å². The molecule has 0 atom stereocenters. The van der Waals surface area contributed by atoms with Crippen molar-refractivity contribution in [1.29, 1.82) is 0 Å². The summed E-state index contributed by atoms with van der Waals surface area (Å²) in [4.78, 5) is 0. The molecule has 2 rings (SSSR count). The van der Waals surface area contributed by atoms with Gasteiger partial charge in [-0.25, -0.2) is 4.39 Å². The number of rotatable bonds is 5. The number of hydrogen-bond donors (Lipinski definition) is 0. The highest BCUT2D eigenvalue weighted by Crippen LogP contribution is 2.25. The number of unbranched alkanes of at least 4 members (excludes halogenated alkanes) is 2. The first-order chi connectivity index (χ1) is 9.20. The Hall–Kier alpha value is -1.34. The lowest BCUT2D eigenvalue weighted by atomic mass is 10.0. The minimum Gasteiger partial charge on any atom is -0.206 e. The van der Waals surface area contributed by atoms with Crippen LogP contribution >= 0.6 is 11.6 Å². The fraction of sp³-hybridized carbons (Fsp3) is 0.294. The highest BCUT2D eigenvalue weighted by molar-refractivity contribution is 6.30. The normalized spacial score (nSPS) is 10.7. The average molecular weight is 277 g/mol. The minimum absolute atomic E-state index is 0.156. The maximum atomic E-state index is 14.1. The molecule has 0 saturated carbocycles. The molecule has 19 heavy (non-hydrogen) atoms. The number of benzene rings is 2. The Labute approximate surface area is 119 Å². The highest BCUT2D eigenvalue weighted by Gasteiger charge is 2.06. The van der Waals surface area contributed by atoms with Gasteiger partial charge in [-0.15, -0.1) is 0 Å². The lowest BCUT2D eigenvalue weighted by Gasteiger charge is -2.07. The summed E-state index contributed by atoms with van der Waals surface area (Å²) in [6, 6.07) is 12.8. The third kappa shape index (κ3) is 3.81. The average Bonchev–Trinajstić information content (AvgIpc) is 2.41. The van der Waals surface area contributed by atoms with E-state index in [1.807, 2.05) is 24.3 Å². The van der Waals surface area contributed by atoms with Crippen LogP contribution in [0.1, 0.15) is 31.7 Å². The van der Waals surface area contributed by atoms with Crippen molar-refractivity contribution < 1.29 is 4.39 Å². The molecule has 0 saturated heterocycles. The van der Waals surface area contributed by atoms with Crippen LogP contribution in [-0.4, -0.2) is 0 Å². The van der Waals surface area contributed by atoms with Crippen LogP contribution in [0.25, 0.3) is 11.1 Å². The highest BCUT2D eigenvalue weighted by atomic mass is 35.5. The Morgan fingerprint density at radius 2 is 1.74 bits per heavy atom. The molecule has 0 N–H and O–H groups in total. The van der Waals surface area contributed by atoms with Crippen LogP contribution in [0.5, 0.6) is 0 Å². The molecule has 0 unspecified atom stereocenters. The van der Waals surface area contributed by atoms with E-state index in [1.54, 1.807) is 18.2 Å². The third-order valence-electron chi connectivity index (χ3n) is 3.26. The van der Waals surface area contributed by atoms with Crippen LogP contribution in [0.4, 0.5) is 4.39 Å². The zero-order valence-electron chi connectivity index (χ0n) is 11.1. The Balaban J connectivity index is 2.17. The molecular formula is C17H18ClF. The van der Waals surface area contributed by atoms with E-state index < -0.39 is 0 Å². The minimum atomic E-state index is -0.156. The van der Waals surface area contributed by atoms with Gasteiger partial charge in [0.15, 0.2) is 0 Å². The van der Waals surface area contributed by atoms with Crippen molar-refractivity contribution >= 4 is 11.6 Å². The molecule has 0 spiro atoms. The van der Waals surface area contributed by atoms with Crippen molar-refractivity contribution in [2.24, 2.45) is 0 Å². The molecule has 0 aliphatic heterocycles. The van der Waals surface area contributed by atoms with Crippen LogP contribution < -0.4 is 0 Å². The van der Waals surface area contributed by atoms with Crippen LogP contribution in [0.15, 0.2) is 42.5 Å². The van der Waals surface area contributed by atoms with Crippen molar-refractivity contribution in [3.05, 3.63) is 58.9 Å². The summed E-state index contributed by atoms with van der Waals surface area (Å²) in [5.41, 5.74) is 2.57. The van der Waals surface area contributed by atoms with Gasteiger partial charge in [0, 0.05) is 10.6 Å². The summed E-state index contributed by atoms with van der Waals surface area (Å²) in [7, 11) is 0. The van der Waals surface area contributed by atoms with Crippen LogP contribution in [0.2, 0.25) is 5.02 Å². The fourth-order valence-corrected chi connectivity index (χ4v) is 2.28. The summed E-state index contributed by atoms with van der Waals surface area (Å²) < 4.78 is 14.1. The molecule has 2 heteroatoms. The molecule has 0 aliphatic carbocycles. The Bertz CT molecular complexity index is 531. The van der Waals surface area contributed by atoms with Crippen LogP contribution in [-0.2, 0) is 6.42 Å². The van der Waals surface area contributed by atoms with Crippen molar-refractivity contribution in [3.63, 3.8) is 0 Å². The molecule has 100 valence electrons. The first-order valence-electron chi connectivity index (χ1n) is 6.75. The van der Waals surface area contributed by atoms with E-state index in [9.17, 15) is 4.39 Å². The first kappa shape index (κ1) is 14.1. The van der Waals surface area contributed by atoms with Gasteiger partial charge in [-0.2, -0.15) is 0 Å². The second-order valence-electron chi connectivity index (χ2n) is 4.78. The zero-order valence-corrected chi connectivity index (χ0v) is 11.9. The topological polar surface area (TPSA) is 0 Å². The van der Waals surface area contributed by atoms with Gasteiger partial charge in [-0.1, -0.05) is 55.6 Å². The van der Waals surface area contributed by atoms with Crippen molar-refractivity contribution in [1.82, 2.24) is 0 Å². The maximum absolute atomic E-state index is 14.1. The number of hydrogen-bond acceptors (Lipinski definition) is 0. The van der Waals surface area contributed by atoms with Gasteiger partial charge < -0.3 is 0 Å². The van der Waals surface area contributed by atoms with Gasteiger partial charge in [0.05, 0.1) is 0 Å². The monoisotopic (exact) mass is 276 g/mol. The predicted octanol–water partition coefficient (Wildman–Crippen LogP) is 5.88. The Morgan fingerprint density at radius 3 is 2.37 bits per heavy atom. The van der Waals surface area contributed by atoms with E-state index in [-0.39, 0.29) is 5.82 Å². The molecule has 0 aromatic heterocycles. The molecular weight excluding hydrogens is 259 g/mol. The van der Waals surface area contributed by atoms with Gasteiger partial charge in [0.1, 0.15) is 5.82 Å². The largest absolute Gasteiger partial charge is 0.206 e. The van der Waals surface area contributed by atoms with Gasteiger partial charge in [-0.3, -0.25) is 0 Å². The Morgan fingerprint density at radius 1 is 1.00 bits per heavy atom. The summed E-state index contributed by atoms with van der Waals surface area (Å²) in [6.07, 6.45) is 4.45. The van der Waals surface area contributed by atoms with Crippen molar-refractivity contribution in [3.8, 4) is 11.1 Å². The van der Waals surface area contributed by atoms with Gasteiger partial charge in [0.2, 0.25) is 0 Å². The second kappa shape index (κ2) is 6.72. The summed E-state index contributed by atoms with van der Waals surface area (Å²) in [5.74, 6) is -0.156. The summed E-state index contributed by atoms with van der Waals surface area (Å²) in [6.45, 7) is 2.17. The molecule has 0 radical (unpaired) electrons. The summed E-state index contributed by atoms with van der Waals surface area (Å²) >= 11 is 5.84. The molecule has 0 fully saturated rings. The molecule has 0 bridgehead atoms. The lowest BCUT2D eigenvalue weighted by Crippen LogP contribution is -1.90. The number of halogens is 2. The number of aryl methyl sites for hydroxylation is 1. The molecule has 2 aromatic carbocycles. The Kier molecular flexibility index (Phi) is 4.98. The third-order valence-corrected chi connectivity index (χ3v) is 3.51. The molecule has 0 aliphatic rings. The van der Waals surface area contributed by atoms with Crippen LogP contribution in [0, 0.1) is 5.82 Å². The predicted molar refractivity (Wildman–Crippen MR) is 80.1 cm³/mol. The maximum Gasteiger partial charge on any atom is 0.131 e. The zero-order chi connectivity index (χ0) is 13.7. The van der Waals surface area contributed by atoms with Gasteiger partial charge >= 0.3 is 0 Å². The quantitative estimate of drug-likeness (QED) is 0.598. The molecule has 0 heterocycles. The summed E-state index contributed by atoms with van der Waals surface area (Å²) in [5, 5.41) is 0.667. The van der Waals surface area contributed by atoms with E-state index in [0.29, 0.717) is 10.6 Å². The van der Waals surface area contributed by atoms with E-state index in [1.165, 1.54) is 12.8 Å². The molecule has 0 nitrogen and oxygen atoms in total. The van der Waals surface area contributed by atoms with E-state index >= 15 is 0 Å². The first-order valence-corrected chi connectivity index (χ1v) is 7.13. The second-order valence-corrected chi connectivity index (χ2v) is 5.21. The molecule has 0 amide bonds. The fourth-order valence-electron chi connectivity index (χ4n) is 2.16. The van der Waals surface area contributed by atoms with Crippen molar-refractivity contribution in [2.45, 2.75) is 32.6 Å².